The molecule has 2 aromatic carbocycles. The molecule has 4 heteroatoms. The number of hydrogen-bond donors (Lipinski definition) is 1. The number of carbonyl (C=O) groups excluding carboxylic acids is 1. The summed E-state index contributed by atoms with van der Waals surface area (Å²) in [5, 5.41) is 2.60. The number of nitrogens with zero attached hydrogens (tertiary/aromatic N) is 2. The zero-order valence-corrected chi connectivity index (χ0v) is 14.2. The largest absolute Gasteiger partial charge is 0.355 e. The summed E-state index contributed by atoms with van der Waals surface area (Å²) >= 11 is 0. The first-order valence-electron chi connectivity index (χ1n) is 7.97. The molecule has 0 spiro atoms. The summed E-state index contributed by atoms with van der Waals surface area (Å²) < 4.78 is 2.17. The minimum absolute atomic E-state index is 0.0261. The minimum Gasteiger partial charge on any atom is -0.355 e. The van der Waals surface area contributed by atoms with Crippen molar-refractivity contribution in [2.45, 2.75) is 20.4 Å². The van der Waals surface area contributed by atoms with Crippen LogP contribution in [0.25, 0.3) is 11.3 Å². The number of carbonyl (C=O) groups is 1. The molecule has 1 aromatic heterocycles. The van der Waals surface area contributed by atoms with Crippen LogP contribution >= 0.6 is 0 Å². The molecule has 0 atom stereocenters. The summed E-state index contributed by atoms with van der Waals surface area (Å²) in [5.41, 5.74) is 6.94. The van der Waals surface area contributed by atoms with Crippen LogP contribution in [-0.2, 0) is 6.54 Å². The highest BCUT2D eigenvalue weighted by Crippen LogP contribution is 2.30. The highest BCUT2D eigenvalue weighted by Gasteiger charge is 2.16. The van der Waals surface area contributed by atoms with Gasteiger partial charge < -0.3 is 9.88 Å². The molecule has 4 rings (SSSR count). The minimum atomic E-state index is -0.0261. The molecule has 4 nitrogen and oxygen atoms in total. The molecule has 2 heterocycles. The van der Waals surface area contributed by atoms with Gasteiger partial charge in [0.25, 0.3) is 5.91 Å². The van der Waals surface area contributed by atoms with Crippen LogP contribution in [0.5, 0.6) is 0 Å². The Morgan fingerprint density at radius 3 is 2.54 bits per heavy atom. The Morgan fingerprint density at radius 2 is 1.83 bits per heavy atom. The van der Waals surface area contributed by atoms with Crippen LogP contribution in [0.2, 0.25) is 0 Å². The fraction of sp³-hybridized carbons (Fsp3) is 0.200. The molecule has 0 fully saturated rings. The molecule has 0 aliphatic carbocycles. The van der Waals surface area contributed by atoms with Crippen LogP contribution in [0.4, 0.5) is 0 Å². The number of amides is 1. The summed E-state index contributed by atoms with van der Waals surface area (Å²) in [7, 11) is 1.64. The molecule has 1 aliphatic rings. The number of imidazole rings is 1. The van der Waals surface area contributed by atoms with Gasteiger partial charge in [0.15, 0.2) is 0 Å². The molecule has 0 unspecified atom stereocenters. The zero-order chi connectivity index (χ0) is 17.1. The Bertz CT molecular complexity index is 860. The quantitative estimate of drug-likeness (QED) is 0.583. The lowest BCUT2D eigenvalue weighted by Gasteiger charge is -2.02. The Kier molecular flexibility index (Phi) is 4.47. The summed E-state index contributed by atoms with van der Waals surface area (Å²) in [5.74, 6) is -0.0261. The average molecular weight is 319 g/mol. The predicted octanol–water partition coefficient (Wildman–Crippen LogP) is 3.57. The van der Waals surface area contributed by atoms with Crippen LogP contribution in [0, 0.1) is 13.8 Å². The normalized spacial score (nSPS) is 11.1. The van der Waals surface area contributed by atoms with Crippen molar-refractivity contribution in [1.29, 1.82) is 0 Å². The molecule has 0 saturated carbocycles. The summed E-state index contributed by atoms with van der Waals surface area (Å²) in [6, 6.07) is 14.3. The standard InChI is InChI=1S/C10H8N2.C10H13NO/c1-2-4-9-8(3-1)6-12-7-11-5-10(9)12;1-7-4-8(2)6-9(5-7)10(12)11-3/h1-5,7H,6H2;4-6H,1-3H3,(H,11,12). The van der Waals surface area contributed by atoms with E-state index in [9.17, 15) is 4.79 Å². The highest BCUT2D eigenvalue weighted by atomic mass is 16.1. The number of fused-ring (bicyclic) bond motifs is 3. The lowest BCUT2D eigenvalue weighted by atomic mass is 10.1. The van der Waals surface area contributed by atoms with Crippen molar-refractivity contribution in [2.24, 2.45) is 0 Å². The number of rotatable bonds is 1. The Balaban J connectivity index is 0.000000141. The van der Waals surface area contributed by atoms with Gasteiger partial charge in [0.05, 0.1) is 18.2 Å². The van der Waals surface area contributed by atoms with E-state index in [0.29, 0.717) is 0 Å². The van der Waals surface area contributed by atoms with E-state index >= 15 is 0 Å². The molecule has 1 N–H and O–H groups in total. The molecule has 122 valence electrons. The maximum Gasteiger partial charge on any atom is 0.251 e. The van der Waals surface area contributed by atoms with E-state index in [4.69, 9.17) is 0 Å². The molecular formula is C20H21N3O. The van der Waals surface area contributed by atoms with Gasteiger partial charge in [0.1, 0.15) is 0 Å². The van der Waals surface area contributed by atoms with Gasteiger partial charge in [-0.2, -0.15) is 0 Å². The second-order valence-electron chi connectivity index (χ2n) is 6.02. The van der Waals surface area contributed by atoms with E-state index < -0.39 is 0 Å². The van der Waals surface area contributed by atoms with Crippen LogP contribution in [-0.4, -0.2) is 22.5 Å². The monoisotopic (exact) mass is 319 g/mol. The van der Waals surface area contributed by atoms with Gasteiger partial charge in [0, 0.05) is 24.7 Å². The van der Waals surface area contributed by atoms with Crippen molar-refractivity contribution in [3.8, 4) is 11.3 Å². The number of benzene rings is 2. The zero-order valence-electron chi connectivity index (χ0n) is 14.2. The van der Waals surface area contributed by atoms with E-state index in [1.54, 1.807) is 7.05 Å². The lowest BCUT2D eigenvalue weighted by molar-refractivity contribution is 0.0963. The van der Waals surface area contributed by atoms with Crippen LogP contribution in [0.3, 0.4) is 0 Å². The second-order valence-corrected chi connectivity index (χ2v) is 6.02. The van der Waals surface area contributed by atoms with Gasteiger partial charge in [-0.25, -0.2) is 4.98 Å². The number of hydrogen-bond acceptors (Lipinski definition) is 2. The van der Waals surface area contributed by atoms with Crippen LogP contribution < -0.4 is 5.32 Å². The van der Waals surface area contributed by atoms with Gasteiger partial charge in [-0.3, -0.25) is 4.79 Å². The Hall–Kier alpha value is -2.88. The molecule has 0 bridgehead atoms. The Morgan fingerprint density at radius 1 is 1.12 bits per heavy atom. The average Bonchev–Trinajstić information content (AvgIpc) is 3.14. The van der Waals surface area contributed by atoms with Gasteiger partial charge in [0.2, 0.25) is 0 Å². The van der Waals surface area contributed by atoms with Gasteiger partial charge >= 0.3 is 0 Å². The summed E-state index contributed by atoms with van der Waals surface area (Å²) in [6.45, 7) is 4.95. The smallest absolute Gasteiger partial charge is 0.251 e. The van der Waals surface area contributed by atoms with E-state index in [0.717, 1.165) is 23.2 Å². The third kappa shape index (κ3) is 3.23. The SMILES string of the molecule is CNC(=O)c1cc(C)cc(C)c1.c1ccc2c(c1)Cn1cncc1-2. The summed E-state index contributed by atoms with van der Waals surface area (Å²) in [6.07, 6.45) is 3.81. The fourth-order valence-corrected chi connectivity index (χ4v) is 3.01. The highest BCUT2D eigenvalue weighted by molar-refractivity contribution is 5.94. The first kappa shape index (κ1) is 16.0. The van der Waals surface area contributed by atoms with Crippen molar-refractivity contribution in [3.05, 3.63) is 77.2 Å². The molecule has 0 saturated heterocycles. The topological polar surface area (TPSA) is 46.9 Å². The van der Waals surface area contributed by atoms with Crippen LogP contribution in [0.1, 0.15) is 27.0 Å². The van der Waals surface area contributed by atoms with E-state index in [2.05, 4.69) is 39.1 Å². The Labute approximate surface area is 142 Å². The van der Waals surface area contributed by atoms with Gasteiger partial charge in [-0.1, -0.05) is 41.5 Å². The molecule has 3 aromatic rings. The number of nitrogens with one attached hydrogen (secondary N) is 1. The second kappa shape index (κ2) is 6.71. The maximum atomic E-state index is 11.2. The third-order valence-electron chi connectivity index (χ3n) is 4.06. The first-order chi connectivity index (χ1) is 11.6. The molecule has 24 heavy (non-hydrogen) atoms. The first-order valence-corrected chi connectivity index (χ1v) is 7.97. The third-order valence-corrected chi connectivity index (χ3v) is 4.06. The van der Waals surface area contributed by atoms with E-state index in [1.165, 1.54) is 16.8 Å². The van der Waals surface area contributed by atoms with Crippen molar-refractivity contribution >= 4 is 5.91 Å². The van der Waals surface area contributed by atoms with E-state index in [1.807, 2.05) is 44.6 Å². The van der Waals surface area contributed by atoms with E-state index in [-0.39, 0.29) is 5.91 Å². The number of aromatic nitrogens is 2. The molecular weight excluding hydrogens is 298 g/mol. The van der Waals surface area contributed by atoms with Crippen molar-refractivity contribution in [3.63, 3.8) is 0 Å². The number of aryl methyl sites for hydroxylation is 2. The van der Waals surface area contributed by atoms with Crippen molar-refractivity contribution < 1.29 is 4.79 Å². The summed E-state index contributed by atoms with van der Waals surface area (Å²) in [4.78, 5) is 15.3. The molecule has 1 aliphatic heterocycles. The van der Waals surface area contributed by atoms with Crippen molar-refractivity contribution in [1.82, 2.24) is 14.9 Å². The molecule has 1 amide bonds. The maximum absolute atomic E-state index is 11.2. The van der Waals surface area contributed by atoms with Gasteiger partial charge in [-0.15, -0.1) is 0 Å². The van der Waals surface area contributed by atoms with Crippen molar-refractivity contribution in [2.75, 3.05) is 7.05 Å². The van der Waals surface area contributed by atoms with Gasteiger partial charge in [-0.05, 0) is 31.5 Å². The fourth-order valence-electron chi connectivity index (χ4n) is 3.01. The van der Waals surface area contributed by atoms with Crippen LogP contribution in [0.15, 0.2) is 55.0 Å². The molecule has 0 radical (unpaired) electrons. The lowest BCUT2D eigenvalue weighted by Crippen LogP contribution is -2.17. The predicted molar refractivity (Wildman–Crippen MR) is 96.1 cm³/mol.